The summed E-state index contributed by atoms with van der Waals surface area (Å²) >= 11 is 0. The zero-order valence-corrected chi connectivity index (χ0v) is 9.62. The lowest BCUT2D eigenvalue weighted by Gasteiger charge is -2.08. The third-order valence-corrected chi connectivity index (χ3v) is 2.22. The largest absolute Gasteiger partial charge is 0.507 e. The molecule has 0 aliphatic rings. The van der Waals surface area contributed by atoms with Gasteiger partial charge in [0.2, 0.25) is 0 Å². The number of ether oxygens (including phenoxy) is 1. The van der Waals surface area contributed by atoms with Crippen molar-refractivity contribution in [1.29, 1.82) is 0 Å². The lowest BCUT2D eigenvalue weighted by molar-refractivity contribution is 0.0920. The minimum absolute atomic E-state index is 0.0383. The second-order valence-corrected chi connectivity index (χ2v) is 3.42. The smallest absolute Gasteiger partial charge is 0.255 e. The van der Waals surface area contributed by atoms with Crippen LogP contribution in [-0.2, 0) is 4.74 Å². The van der Waals surface area contributed by atoms with Crippen molar-refractivity contribution >= 4 is 5.91 Å². The Bertz CT molecular complexity index is 363. The van der Waals surface area contributed by atoms with Crippen molar-refractivity contribution in [1.82, 2.24) is 5.32 Å². The minimum Gasteiger partial charge on any atom is -0.507 e. The lowest BCUT2D eigenvalue weighted by Crippen LogP contribution is -2.27. The maximum atomic E-state index is 11.7. The maximum Gasteiger partial charge on any atom is 0.255 e. The molecular formula is C12H17NO3. The molecule has 0 aromatic heterocycles. The first-order valence-electron chi connectivity index (χ1n) is 5.31. The summed E-state index contributed by atoms with van der Waals surface area (Å²) in [6, 6.07) is 5.09. The van der Waals surface area contributed by atoms with E-state index in [9.17, 15) is 9.90 Å². The van der Waals surface area contributed by atoms with Gasteiger partial charge in [0.25, 0.3) is 5.91 Å². The van der Waals surface area contributed by atoms with Gasteiger partial charge in [-0.25, -0.2) is 0 Å². The number of phenolic OH excluding ortho intramolecular Hbond substituents is 1. The lowest BCUT2D eigenvalue weighted by atomic mass is 10.1. The molecule has 0 saturated heterocycles. The first-order valence-corrected chi connectivity index (χ1v) is 5.31. The van der Waals surface area contributed by atoms with Gasteiger partial charge in [-0.3, -0.25) is 4.79 Å². The molecule has 0 bridgehead atoms. The van der Waals surface area contributed by atoms with Crippen LogP contribution < -0.4 is 5.32 Å². The number of carbonyl (C=O) groups is 1. The van der Waals surface area contributed by atoms with Gasteiger partial charge in [-0.1, -0.05) is 12.1 Å². The molecule has 1 amide bonds. The van der Waals surface area contributed by atoms with Crippen LogP contribution in [0.25, 0.3) is 0 Å². The molecule has 0 heterocycles. The molecule has 16 heavy (non-hydrogen) atoms. The number of aryl methyl sites for hydroxylation is 1. The Balaban J connectivity index is 2.56. The van der Waals surface area contributed by atoms with Crippen LogP contribution in [0.4, 0.5) is 0 Å². The van der Waals surface area contributed by atoms with E-state index in [0.29, 0.717) is 30.9 Å². The number of aromatic hydroxyl groups is 1. The molecular weight excluding hydrogens is 206 g/mol. The van der Waals surface area contributed by atoms with E-state index in [0.717, 1.165) is 0 Å². The fourth-order valence-corrected chi connectivity index (χ4v) is 1.32. The molecule has 1 rings (SSSR count). The highest BCUT2D eigenvalue weighted by Gasteiger charge is 2.11. The van der Waals surface area contributed by atoms with Crippen LogP contribution >= 0.6 is 0 Å². The second kappa shape index (κ2) is 6.12. The van der Waals surface area contributed by atoms with Crippen LogP contribution in [0.1, 0.15) is 22.8 Å². The fraction of sp³-hybridized carbons (Fsp3) is 0.417. The standard InChI is InChI=1S/C12H17NO3/c1-3-16-8-7-13-12(15)10-6-4-5-9(2)11(10)14/h4-6,14H,3,7-8H2,1-2H3,(H,13,15). The third kappa shape index (κ3) is 3.24. The Kier molecular flexibility index (Phi) is 4.79. The first kappa shape index (κ1) is 12.5. The first-order chi connectivity index (χ1) is 7.66. The van der Waals surface area contributed by atoms with Crippen molar-refractivity contribution < 1.29 is 14.6 Å². The summed E-state index contributed by atoms with van der Waals surface area (Å²) in [5.74, 6) is -0.239. The van der Waals surface area contributed by atoms with Gasteiger partial charge < -0.3 is 15.2 Å². The van der Waals surface area contributed by atoms with E-state index in [2.05, 4.69) is 5.32 Å². The molecule has 0 aliphatic heterocycles. The molecule has 4 nitrogen and oxygen atoms in total. The number of hydrogen-bond donors (Lipinski definition) is 2. The Hall–Kier alpha value is -1.55. The molecule has 0 aliphatic carbocycles. The molecule has 0 fully saturated rings. The SMILES string of the molecule is CCOCCNC(=O)c1cccc(C)c1O. The number of phenols is 1. The van der Waals surface area contributed by atoms with E-state index in [1.165, 1.54) is 0 Å². The van der Waals surface area contributed by atoms with E-state index < -0.39 is 0 Å². The predicted molar refractivity (Wildman–Crippen MR) is 61.7 cm³/mol. The van der Waals surface area contributed by atoms with E-state index >= 15 is 0 Å². The van der Waals surface area contributed by atoms with Gasteiger partial charge >= 0.3 is 0 Å². The van der Waals surface area contributed by atoms with Gasteiger partial charge in [0, 0.05) is 13.2 Å². The summed E-state index contributed by atoms with van der Waals surface area (Å²) < 4.78 is 5.10. The quantitative estimate of drug-likeness (QED) is 0.743. The Morgan fingerprint density at radius 3 is 2.94 bits per heavy atom. The molecule has 0 radical (unpaired) electrons. The fourth-order valence-electron chi connectivity index (χ4n) is 1.32. The van der Waals surface area contributed by atoms with E-state index in [-0.39, 0.29) is 11.7 Å². The van der Waals surface area contributed by atoms with Gasteiger partial charge in [-0.2, -0.15) is 0 Å². The average Bonchev–Trinajstić information content (AvgIpc) is 2.28. The van der Waals surface area contributed by atoms with Crippen molar-refractivity contribution in [3.05, 3.63) is 29.3 Å². The molecule has 4 heteroatoms. The highest BCUT2D eigenvalue weighted by Crippen LogP contribution is 2.20. The molecule has 0 atom stereocenters. The van der Waals surface area contributed by atoms with E-state index in [1.807, 2.05) is 6.92 Å². The van der Waals surface area contributed by atoms with Gasteiger partial charge in [0.1, 0.15) is 5.75 Å². The van der Waals surface area contributed by atoms with Crippen LogP contribution in [-0.4, -0.2) is 30.8 Å². The average molecular weight is 223 g/mol. The normalized spacial score (nSPS) is 10.1. The summed E-state index contributed by atoms with van der Waals surface area (Å²) in [5.41, 5.74) is 0.994. The van der Waals surface area contributed by atoms with Crippen molar-refractivity contribution in [2.45, 2.75) is 13.8 Å². The van der Waals surface area contributed by atoms with Gasteiger partial charge in [-0.15, -0.1) is 0 Å². The van der Waals surface area contributed by atoms with Crippen LogP contribution in [0.5, 0.6) is 5.75 Å². The Morgan fingerprint density at radius 1 is 1.50 bits per heavy atom. The molecule has 1 aromatic rings. The van der Waals surface area contributed by atoms with E-state index in [1.54, 1.807) is 25.1 Å². The Labute approximate surface area is 95.2 Å². The number of carbonyl (C=O) groups excluding carboxylic acids is 1. The highest BCUT2D eigenvalue weighted by molar-refractivity contribution is 5.97. The topological polar surface area (TPSA) is 58.6 Å². The maximum absolute atomic E-state index is 11.7. The molecule has 0 unspecified atom stereocenters. The predicted octanol–water partition coefficient (Wildman–Crippen LogP) is 1.47. The number of benzene rings is 1. The number of nitrogens with one attached hydrogen (secondary N) is 1. The molecule has 88 valence electrons. The summed E-state index contributed by atoms with van der Waals surface area (Å²) in [7, 11) is 0. The summed E-state index contributed by atoms with van der Waals surface area (Å²) in [5, 5.41) is 12.4. The molecule has 2 N–H and O–H groups in total. The van der Waals surface area contributed by atoms with Gasteiger partial charge in [-0.05, 0) is 25.5 Å². The van der Waals surface area contributed by atoms with Gasteiger partial charge in [0.05, 0.1) is 12.2 Å². The van der Waals surface area contributed by atoms with Crippen LogP contribution in [0.3, 0.4) is 0 Å². The zero-order valence-electron chi connectivity index (χ0n) is 9.62. The number of hydrogen-bond acceptors (Lipinski definition) is 3. The number of para-hydroxylation sites is 1. The minimum atomic E-state index is -0.277. The Morgan fingerprint density at radius 2 is 2.25 bits per heavy atom. The summed E-state index contributed by atoms with van der Waals surface area (Å²) in [4.78, 5) is 11.7. The molecule has 0 spiro atoms. The second-order valence-electron chi connectivity index (χ2n) is 3.42. The van der Waals surface area contributed by atoms with Crippen molar-refractivity contribution in [3.63, 3.8) is 0 Å². The van der Waals surface area contributed by atoms with Crippen molar-refractivity contribution in [3.8, 4) is 5.75 Å². The summed E-state index contributed by atoms with van der Waals surface area (Å²) in [6.07, 6.45) is 0. The van der Waals surface area contributed by atoms with Crippen molar-refractivity contribution in [2.75, 3.05) is 19.8 Å². The van der Waals surface area contributed by atoms with Crippen molar-refractivity contribution in [2.24, 2.45) is 0 Å². The number of rotatable bonds is 5. The van der Waals surface area contributed by atoms with E-state index in [4.69, 9.17) is 4.74 Å². The van der Waals surface area contributed by atoms with Crippen LogP contribution in [0.15, 0.2) is 18.2 Å². The third-order valence-electron chi connectivity index (χ3n) is 2.22. The zero-order chi connectivity index (χ0) is 12.0. The molecule has 1 aromatic carbocycles. The van der Waals surface area contributed by atoms with Crippen LogP contribution in [0, 0.1) is 6.92 Å². The molecule has 0 saturated carbocycles. The van der Waals surface area contributed by atoms with Gasteiger partial charge in [0.15, 0.2) is 0 Å². The highest BCUT2D eigenvalue weighted by atomic mass is 16.5. The summed E-state index contributed by atoms with van der Waals surface area (Å²) in [6.45, 7) is 5.21. The van der Waals surface area contributed by atoms with Crippen LogP contribution in [0.2, 0.25) is 0 Å². The monoisotopic (exact) mass is 223 g/mol. The number of amides is 1.